The zero-order valence-electron chi connectivity index (χ0n) is 20.0. The quantitative estimate of drug-likeness (QED) is 0.377. The van der Waals surface area contributed by atoms with Crippen LogP contribution < -0.4 is 10.4 Å². The molecule has 1 aromatic heterocycles. The second-order valence-electron chi connectivity index (χ2n) is 9.23. The fourth-order valence-electron chi connectivity index (χ4n) is 4.82. The Morgan fingerprint density at radius 1 is 1.11 bits per heavy atom. The molecule has 3 N–H and O–H groups in total. The molecule has 1 fully saturated rings. The number of amides is 1. The summed E-state index contributed by atoms with van der Waals surface area (Å²) in [6.45, 7) is 5.77. The third kappa shape index (κ3) is 4.39. The Kier molecular flexibility index (Phi) is 6.02. The lowest BCUT2D eigenvalue weighted by Crippen LogP contribution is -2.28. The summed E-state index contributed by atoms with van der Waals surface area (Å²) in [5, 5.41) is 35.5. The third-order valence-corrected chi connectivity index (χ3v) is 6.94. The molecule has 0 saturated heterocycles. The van der Waals surface area contributed by atoms with E-state index >= 15 is 0 Å². The van der Waals surface area contributed by atoms with E-state index in [2.05, 4.69) is 36.3 Å². The molecule has 2 unspecified atom stereocenters. The number of aromatic amines is 1. The number of carbonyl (C=O) groups excluding carboxylic acids is 1. The first-order valence-corrected chi connectivity index (χ1v) is 11.8. The molecule has 2 heterocycles. The van der Waals surface area contributed by atoms with Gasteiger partial charge in [0.1, 0.15) is 5.75 Å². The number of para-hydroxylation sites is 1. The van der Waals surface area contributed by atoms with Gasteiger partial charge in [-0.3, -0.25) is 10.2 Å². The van der Waals surface area contributed by atoms with E-state index in [9.17, 15) is 9.90 Å². The summed E-state index contributed by atoms with van der Waals surface area (Å²) in [4.78, 5) is 13.0. The van der Waals surface area contributed by atoms with Crippen molar-refractivity contribution in [2.75, 3.05) is 10.4 Å². The number of rotatable bonds is 5. The minimum absolute atomic E-state index is 0.143. The lowest BCUT2D eigenvalue weighted by Gasteiger charge is -2.28. The number of hydrogen-bond acceptors (Lipinski definition) is 8. The summed E-state index contributed by atoms with van der Waals surface area (Å²) in [5.41, 5.74) is 7.84. The van der Waals surface area contributed by atoms with Gasteiger partial charge in [0.2, 0.25) is 0 Å². The first-order valence-electron chi connectivity index (χ1n) is 11.8. The van der Waals surface area contributed by atoms with Crippen LogP contribution in [0.3, 0.4) is 0 Å². The zero-order chi connectivity index (χ0) is 24.5. The van der Waals surface area contributed by atoms with Gasteiger partial charge in [-0.2, -0.15) is 15.2 Å². The van der Waals surface area contributed by atoms with Crippen LogP contribution in [-0.2, 0) is 4.79 Å². The number of nitrogens with one attached hydrogen (secondary N) is 2. The van der Waals surface area contributed by atoms with Gasteiger partial charge in [0.25, 0.3) is 0 Å². The van der Waals surface area contributed by atoms with Gasteiger partial charge in [0.15, 0.2) is 11.5 Å². The van der Waals surface area contributed by atoms with Crippen LogP contribution in [-0.4, -0.2) is 43.1 Å². The topological polar surface area (TPSA) is 132 Å². The van der Waals surface area contributed by atoms with Crippen LogP contribution in [0.25, 0.3) is 0 Å². The summed E-state index contributed by atoms with van der Waals surface area (Å²) in [7, 11) is 0. The molecule has 3 aromatic rings. The Balaban J connectivity index is 1.34. The molecule has 180 valence electrons. The lowest BCUT2D eigenvalue weighted by atomic mass is 9.77. The Morgan fingerprint density at radius 2 is 1.94 bits per heavy atom. The molecular formula is C25H28N8O2. The molecule has 1 saturated carbocycles. The summed E-state index contributed by atoms with van der Waals surface area (Å²) < 4.78 is 0. The first kappa shape index (κ1) is 22.7. The normalized spacial score (nSPS) is 21.5. The van der Waals surface area contributed by atoms with E-state index in [-0.39, 0.29) is 29.2 Å². The maximum Gasteiger partial charge on any atom is 0.301 e. The smallest absolute Gasteiger partial charge is 0.301 e. The van der Waals surface area contributed by atoms with Crippen molar-refractivity contribution in [2.24, 2.45) is 10.2 Å². The van der Waals surface area contributed by atoms with Crippen molar-refractivity contribution in [1.29, 1.82) is 0 Å². The molecule has 0 bridgehead atoms. The number of anilines is 2. The average molecular weight is 473 g/mol. The number of hydrazone groups is 2. The minimum Gasteiger partial charge on any atom is -0.505 e. The van der Waals surface area contributed by atoms with Gasteiger partial charge in [-0.15, -0.1) is 5.10 Å². The molecule has 35 heavy (non-hydrogen) atoms. The monoisotopic (exact) mass is 472 g/mol. The molecule has 10 nitrogen and oxygen atoms in total. The Hall–Kier alpha value is -4.08. The van der Waals surface area contributed by atoms with Gasteiger partial charge in [-0.25, -0.2) is 5.10 Å². The number of aromatic hydroxyl groups is 1. The number of benzene rings is 2. The molecule has 2 atom stereocenters. The van der Waals surface area contributed by atoms with E-state index in [1.54, 1.807) is 13.0 Å². The minimum atomic E-state index is -0.315. The number of tetrazole rings is 1. The Bertz CT molecular complexity index is 1320. The van der Waals surface area contributed by atoms with Crippen molar-refractivity contribution in [2.45, 2.75) is 58.3 Å². The number of phenols is 1. The van der Waals surface area contributed by atoms with Gasteiger partial charge in [0, 0.05) is 5.92 Å². The van der Waals surface area contributed by atoms with Gasteiger partial charge in [-0.1, -0.05) is 24.6 Å². The molecule has 1 aliphatic carbocycles. The highest BCUT2D eigenvalue weighted by Crippen LogP contribution is 2.44. The van der Waals surface area contributed by atoms with E-state index in [1.807, 2.05) is 44.2 Å². The van der Waals surface area contributed by atoms with E-state index in [0.29, 0.717) is 17.1 Å². The van der Waals surface area contributed by atoms with Crippen molar-refractivity contribution < 1.29 is 9.90 Å². The van der Waals surface area contributed by atoms with Crippen LogP contribution in [0, 0.1) is 13.8 Å². The number of aromatic nitrogens is 4. The maximum atomic E-state index is 13.0. The molecule has 5 rings (SSSR count). The van der Waals surface area contributed by atoms with Crippen molar-refractivity contribution in [1.82, 2.24) is 20.6 Å². The molecule has 10 heteroatoms. The number of phenolic OH excluding ortho intramolecular Hbond substituents is 1. The number of H-pyrrole nitrogens is 1. The maximum absolute atomic E-state index is 13.0. The second-order valence-corrected chi connectivity index (χ2v) is 9.23. The average Bonchev–Trinajstić information content (AvgIpc) is 3.49. The standard InChI is InChI=1S/C25H28N8O2/c1-14-10-11-19(12-15(14)2)33-25(35)22(16(3)30-33)27-26-21-9-5-8-20(23(21)34)17-6-4-7-18(13-17)24-28-31-32-29-24/h5,8-12,17-18,26,34H,4,6-7,13H2,1-3H3,(H,28,29,31,32). The number of aryl methyl sites for hydroxylation is 2. The molecular weight excluding hydrogens is 444 g/mol. The van der Waals surface area contributed by atoms with Crippen LogP contribution >= 0.6 is 0 Å². The van der Waals surface area contributed by atoms with Gasteiger partial charge < -0.3 is 5.11 Å². The predicted molar refractivity (Wildman–Crippen MR) is 134 cm³/mol. The number of hydrogen-bond donors (Lipinski definition) is 3. The van der Waals surface area contributed by atoms with E-state index in [4.69, 9.17) is 0 Å². The molecule has 1 aliphatic heterocycles. The molecule has 0 radical (unpaired) electrons. The van der Waals surface area contributed by atoms with Gasteiger partial charge in [-0.05, 0) is 91.3 Å². The molecule has 2 aliphatic rings. The highest BCUT2D eigenvalue weighted by molar-refractivity contribution is 6.71. The van der Waals surface area contributed by atoms with Crippen molar-refractivity contribution in [3.8, 4) is 5.75 Å². The highest BCUT2D eigenvalue weighted by Gasteiger charge is 2.32. The van der Waals surface area contributed by atoms with Crippen LogP contribution in [0.15, 0.2) is 46.6 Å². The fourth-order valence-corrected chi connectivity index (χ4v) is 4.82. The van der Waals surface area contributed by atoms with Gasteiger partial charge >= 0.3 is 5.91 Å². The second kappa shape index (κ2) is 9.28. The predicted octanol–water partition coefficient (Wildman–Crippen LogP) is 4.15. The lowest BCUT2D eigenvalue weighted by molar-refractivity contribution is -0.112. The number of carbonyl (C=O) groups is 1. The Labute approximate surface area is 203 Å². The van der Waals surface area contributed by atoms with Crippen molar-refractivity contribution in [3.63, 3.8) is 0 Å². The summed E-state index contributed by atoms with van der Waals surface area (Å²) in [6, 6.07) is 11.3. The SMILES string of the molecule is CC1=NN(c2ccc(C)c(C)c2)C(=O)C1=NNc1cccc(C2CCCC(c3nnn[nH]3)C2)c1O. The van der Waals surface area contributed by atoms with E-state index in [1.165, 1.54) is 5.01 Å². The first-order chi connectivity index (χ1) is 16.9. The van der Waals surface area contributed by atoms with Gasteiger partial charge in [0.05, 0.1) is 17.1 Å². The molecule has 2 aromatic carbocycles. The van der Waals surface area contributed by atoms with Crippen LogP contribution in [0.2, 0.25) is 0 Å². The highest BCUT2D eigenvalue weighted by atomic mass is 16.3. The van der Waals surface area contributed by atoms with Crippen LogP contribution in [0.4, 0.5) is 11.4 Å². The fraction of sp³-hybridized carbons (Fsp3) is 0.360. The van der Waals surface area contributed by atoms with Crippen molar-refractivity contribution in [3.05, 3.63) is 58.9 Å². The van der Waals surface area contributed by atoms with E-state index < -0.39 is 0 Å². The Morgan fingerprint density at radius 3 is 2.71 bits per heavy atom. The summed E-state index contributed by atoms with van der Waals surface area (Å²) >= 11 is 0. The van der Waals surface area contributed by atoms with Crippen LogP contribution in [0.1, 0.15) is 67.0 Å². The third-order valence-electron chi connectivity index (χ3n) is 6.94. The summed E-state index contributed by atoms with van der Waals surface area (Å²) in [5.74, 6) is 1.02. The molecule has 1 amide bonds. The number of nitrogens with zero attached hydrogens (tertiary/aromatic N) is 6. The van der Waals surface area contributed by atoms with E-state index in [0.717, 1.165) is 48.2 Å². The molecule has 0 spiro atoms. The summed E-state index contributed by atoms with van der Waals surface area (Å²) in [6.07, 6.45) is 3.85. The zero-order valence-corrected chi connectivity index (χ0v) is 20.0. The van der Waals surface area contributed by atoms with Crippen molar-refractivity contribution >= 4 is 28.7 Å². The van der Waals surface area contributed by atoms with Crippen LogP contribution in [0.5, 0.6) is 5.75 Å². The largest absolute Gasteiger partial charge is 0.505 e.